The number of nitrogens with zero attached hydrogens (tertiary/aromatic N) is 8. The molecule has 0 unspecified atom stereocenters. The van der Waals surface area contributed by atoms with E-state index in [0.29, 0.717) is 25.2 Å². The number of nitrogens with one attached hydrogen (secondary N) is 4. The zero-order valence-electron chi connectivity index (χ0n) is 49.7. The maximum absolute atomic E-state index is 12.6. The molecule has 20 heteroatoms. The fourth-order valence-corrected chi connectivity index (χ4v) is 11.8. The van der Waals surface area contributed by atoms with Gasteiger partial charge in [0.25, 0.3) is 11.1 Å². The summed E-state index contributed by atoms with van der Waals surface area (Å²) in [5, 5.41) is 19.7. The first-order valence-corrected chi connectivity index (χ1v) is 29.4. The third-order valence-corrected chi connectivity index (χ3v) is 16.8. The summed E-state index contributed by atoms with van der Waals surface area (Å²) >= 11 is 3.70. The Hall–Kier alpha value is -6.84. The quantitative estimate of drug-likeness (QED) is 0.0751. The van der Waals surface area contributed by atoms with Crippen LogP contribution in [0.1, 0.15) is 101 Å². The fourth-order valence-electron chi connectivity index (χ4n) is 11.3. The minimum atomic E-state index is -0.302. The van der Waals surface area contributed by atoms with E-state index in [4.69, 9.17) is 23.8 Å². The predicted molar refractivity (Wildman–Crippen MR) is 334 cm³/mol. The summed E-state index contributed by atoms with van der Waals surface area (Å²) in [6, 6.07) is 17.8. The molecule has 0 saturated carbocycles. The molecule has 3 saturated heterocycles. The molecule has 434 valence electrons. The highest BCUT2D eigenvalue weighted by Crippen LogP contribution is 2.40. The smallest absolute Gasteiger partial charge is 0.399 e. The Bertz CT molecular complexity index is 3620. The molecule has 9 heterocycles. The molecule has 0 spiro atoms. The average Bonchev–Trinajstić information content (AvgIpc) is 3.31. The lowest BCUT2D eigenvalue weighted by atomic mass is 9.82. The van der Waals surface area contributed by atoms with Gasteiger partial charge in [-0.05, 0) is 160 Å². The number of fused-ring (bicyclic) bond motifs is 2. The molecular weight excluding hydrogens is 1100 g/mol. The maximum Gasteiger partial charge on any atom is 0.498 e. The third kappa shape index (κ3) is 13.5. The number of hydrogen-bond donors (Lipinski definition) is 4. The Morgan fingerprint density at radius 1 is 0.634 bits per heavy atom. The van der Waals surface area contributed by atoms with Crippen molar-refractivity contribution in [3.05, 3.63) is 145 Å². The summed E-state index contributed by atoms with van der Waals surface area (Å²) in [7, 11) is 3.51. The van der Waals surface area contributed by atoms with Crippen LogP contribution >= 0.6 is 15.9 Å². The molecule has 6 aromatic heterocycles. The van der Waals surface area contributed by atoms with E-state index in [1.807, 2.05) is 117 Å². The summed E-state index contributed by atoms with van der Waals surface area (Å²) in [4.78, 5) is 45.1. The van der Waals surface area contributed by atoms with Gasteiger partial charge in [-0.25, -0.2) is 9.97 Å². The van der Waals surface area contributed by atoms with Gasteiger partial charge in [0, 0.05) is 181 Å². The second-order valence-corrected chi connectivity index (χ2v) is 23.6. The van der Waals surface area contributed by atoms with Gasteiger partial charge >= 0.3 is 7.12 Å². The van der Waals surface area contributed by atoms with Gasteiger partial charge in [-0.1, -0.05) is 15.9 Å². The van der Waals surface area contributed by atoms with E-state index in [-0.39, 0.29) is 29.4 Å². The molecule has 8 aromatic rings. The number of benzene rings is 2. The molecule has 0 aliphatic carbocycles. The molecule has 4 N–H and O–H groups in total. The number of aromatic nitrogens is 8. The molecule has 82 heavy (non-hydrogen) atoms. The van der Waals surface area contributed by atoms with Crippen LogP contribution in [0.4, 0.5) is 23.0 Å². The molecule has 2 aromatic carbocycles. The zero-order chi connectivity index (χ0) is 58.5. The number of rotatable bonds is 14. The SMILES string of the molecule is CCN(c1cc(-c2cnn(C)c2)cc2c(NCc3c(C)cc(C)[nH]c3=O)nccc12)C1CCOCC1.CCN(c1cc(Br)cc2c(NCc3c(C)cc(C)[nH]c3=O)nccc12)C1CCOCC1.Cn1cc(B2OC(C)(C)C(C)(C)O2)cn1. The number of halogens is 1. The van der Waals surface area contributed by atoms with Crippen molar-refractivity contribution in [3.8, 4) is 11.1 Å². The van der Waals surface area contributed by atoms with Crippen molar-refractivity contribution in [1.29, 1.82) is 0 Å². The highest BCUT2D eigenvalue weighted by atomic mass is 79.9. The number of aromatic amines is 2. The van der Waals surface area contributed by atoms with Crippen LogP contribution in [0.2, 0.25) is 0 Å². The number of hydrogen-bond acceptors (Lipinski definition) is 14. The second-order valence-electron chi connectivity index (χ2n) is 22.7. The molecule has 3 aliphatic heterocycles. The first-order chi connectivity index (χ1) is 39.2. The number of ether oxygens (including phenoxy) is 2. The van der Waals surface area contributed by atoms with Crippen molar-refractivity contribution >= 4 is 73.1 Å². The Labute approximate surface area is 490 Å². The molecule has 0 radical (unpaired) electrons. The molecule has 18 nitrogen and oxygen atoms in total. The van der Waals surface area contributed by atoms with Gasteiger partial charge in [0.1, 0.15) is 11.6 Å². The van der Waals surface area contributed by atoms with Gasteiger partial charge in [-0.2, -0.15) is 10.2 Å². The molecule has 11 rings (SSSR count). The van der Waals surface area contributed by atoms with E-state index in [2.05, 4.69) is 112 Å². The summed E-state index contributed by atoms with van der Waals surface area (Å²) in [5.74, 6) is 1.55. The molecular formula is C62H80BBrN12O6. The van der Waals surface area contributed by atoms with Crippen LogP contribution in [0, 0.1) is 27.7 Å². The average molecular weight is 1180 g/mol. The topological polar surface area (TPSA) is 195 Å². The van der Waals surface area contributed by atoms with Crippen molar-refractivity contribution in [2.45, 2.75) is 131 Å². The highest BCUT2D eigenvalue weighted by Gasteiger charge is 2.52. The van der Waals surface area contributed by atoms with Crippen molar-refractivity contribution in [3.63, 3.8) is 0 Å². The number of aryl methyl sites for hydroxylation is 6. The van der Waals surface area contributed by atoms with E-state index in [1.54, 1.807) is 10.9 Å². The maximum atomic E-state index is 12.6. The molecule has 0 atom stereocenters. The Kier molecular flexibility index (Phi) is 18.8. The van der Waals surface area contributed by atoms with Gasteiger partial charge < -0.3 is 49.2 Å². The van der Waals surface area contributed by atoms with E-state index in [0.717, 1.165) is 153 Å². The van der Waals surface area contributed by atoms with Crippen LogP contribution in [-0.2, 0) is 46.0 Å². The summed E-state index contributed by atoms with van der Waals surface area (Å²) in [6.07, 6.45) is 15.4. The minimum Gasteiger partial charge on any atom is -0.399 e. The third-order valence-electron chi connectivity index (χ3n) is 16.4. The van der Waals surface area contributed by atoms with Crippen LogP contribution in [-0.4, -0.2) is 109 Å². The van der Waals surface area contributed by atoms with E-state index in [1.165, 1.54) is 11.4 Å². The first kappa shape index (κ1) is 59.8. The Balaban J connectivity index is 0.000000160. The van der Waals surface area contributed by atoms with Crippen LogP contribution in [0.15, 0.2) is 99.8 Å². The van der Waals surface area contributed by atoms with Crippen LogP contribution in [0.5, 0.6) is 0 Å². The molecule has 0 bridgehead atoms. The minimum absolute atomic E-state index is 0.0521. The largest absolute Gasteiger partial charge is 0.498 e. The van der Waals surface area contributed by atoms with E-state index < -0.39 is 0 Å². The fraction of sp³-hybridized carbons (Fsp3) is 0.452. The normalized spacial score (nSPS) is 16.1. The number of anilines is 4. The standard InChI is InChI=1S/C28H34N6O2.C24H29BrN4O2.C10H17BN2O2/c1-5-34(22-7-10-36-11-8-22)26-14-20(21-15-31-33(4)17-21)13-24-23(26)6-9-29-27(24)30-16-25-18(2)12-19(3)32-28(25)35;1-4-29(18-6-9-31-10-7-18)22-13-17(25)12-20-19(22)5-8-26-23(20)27-14-21-15(2)11-16(3)28-24(21)30;1-9(2)10(3,4)15-11(14-9)8-6-12-13(5)7-8/h6,9,12-15,17,22H,5,7-8,10-11,16H2,1-4H3,(H,29,30)(H,32,35);5,8,11-13,18H,4,6-7,9-10,14H2,1-3H3,(H,26,27)(H,28,30);6-7H,1-5H3. The van der Waals surface area contributed by atoms with Crippen LogP contribution in [0.25, 0.3) is 32.7 Å². The van der Waals surface area contributed by atoms with E-state index >= 15 is 0 Å². The Morgan fingerprint density at radius 2 is 1.10 bits per heavy atom. The summed E-state index contributed by atoms with van der Waals surface area (Å²) in [5.41, 5.74) is 9.97. The predicted octanol–water partition coefficient (Wildman–Crippen LogP) is 10.2. The summed E-state index contributed by atoms with van der Waals surface area (Å²) in [6.45, 7) is 26.2. The number of pyridine rings is 4. The van der Waals surface area contributed by atoms with Crippen LogP contribution < -0.4 is 37.0 Å². The van der Waals surface area contributed by atoms with Crippen molar-refractivity contribution in [2.24, 2.45) is 14.1 Å². The molecule has 3 aliphatic rings. The molecule has 0 amide bonds. The van der Waals surface area contributed by atoms with Crippen LogP contribution in [0.3, 0.4) is 0 Å². The monoisotopic (exact) mass is 1180 g/mol. The van der Waals surface area contributed by atoms with Gasteiger partial charge in [-0.3, -0.25) is 19.0 Å². The van der Waals surface area contributed by atoms with Crippen molar-refractivity contribution in [2.75, 3.05) is 60.0 Å². The van der Waals surface area contributed by atoms with Gasteiger partial charge in [0.2, 0.25) is 0 Å². The highest BCUT2D eigenvalue weighted by molar-refractivity contribution is 9.10. The van der Waals surface area contributed by atoms with E-state index in [9.17, 15) is 9.59 Å². The first-order valence-electron chi connectivity index (χ1n) is 28.6. The number of H-pyrrole nitrogens is 2. The molecule has 3 fully saturated rings. The van der Waals surface area contributed by atoms with Gasteiger partial charge in [0.05, 0.1) is 17.4 Å². The van der Waals surface area contributed by atoms with Gasteiger partial charge in [-0.15, -0.1) is 0 Å². The summed E-state index contributed by atoms with van der Waals surface area (Å²) < 4.78 is 27.6. The van der Waals surface area contributed by atoms with Gasteiger partial charge in [0.15, 0.2) is 0 Å². The zero-order valence-corrected chi connectivity index (χ0v) is 51.3. The van der Waals surface area contributed by atoms with Crippen molar-refractivity contribution < 1.29 is 18.8 Å². The lowest BCUT2D eigenvalue weighted by molar-refractivity contribution is 0.00578. The second kappa shape index (κ2) is 25.8. The van der Waals surface area contributed by atoms with Crippen molar-refractivity contribution in [1.82, 2.24) is 39.5 Å². The Morgan fingerprint density at radius 3 is 1.54 bits per heavy atom. The lowest BCUT2D eigenvalue weighted by Crippen LogP contribution is -2.41. The lowest BCUT2D eigenvalue weighted by Gasteiger charge is -2.36.